The molecule has 1 aliphatic rings. The van der Waals surface area contributed by atoms with Crippen molar-refractivity contribution in [2.24, 2.45) is 0 Å². The van der Waals surface area contributed by atoms with Gasteiger partial charge in [-0.25, -0.2) is 0 Å². The molecule has 0 aliphatic carbocycles. The van der Waals surface area contributed by atoms with Crippen LogP contribution in [0.1, 0.15) is 57.8 Å². The van der Waals surface area contributed by atoms with Crippen LogP contribution in [0.2, 0.25) is 0 Å². The van der Waals surface area contributed by atoms with E-state index < -0.39 is 0 Å². The van der Waals surface area contributed by atoms with Crippen molar-refractivity contribution in [3.63, 3.8) is 0 Å². The molecule has 1 amide bonds. The molecule has 0 radical (unpaired) electrons. The highest BCUT2D eigenvalue weighted by molar-refractivity contribution is 7.80. The molecule has 2 aromatic carbocycles. The molecule has 0 bridgehead atoms. The lowest BCUT2D eigenvalue weighted by atomic mass is 9.96. The zero-order valence-electron chi connectivity index (χ0n) is 23.2. The van der Waals surface area contributed by atoms with Gasteiger partial charge in [0.1, 0.15) is 0 Å². The first-order valence-corrected chi connectivity index (χ1v) is 13.7. The lowest BCUT2D eigenvalue weighted by Gasteiger charge is -2.28. The molecule has 0 unspecified atom stereocenters. The summed E-state index contributed by atoms with van der Waals surface area (Å²) in [5, 5.41) is 7.17. The van der Waals surface area contributed by atoms with Crippen molar-refractivity contribution in [1.29, 1.82) is 0 Å². The van der Waals surface area contributed by atoms with E-state index in [2.05, 4.69) is 77.0 Å². The average Bonchev–Trinajstić information content (AvgIpc) is 3.38. The first-order chi connectivity index (χ1) is 18.7. The average molecular weight is 538 g/mol. The van der Waals surface area contributed by atoms with Gasteiger partial charge in [0.05, 0.1) is 17.8 Å². The molecule has 5 rings (SSSR count). The number of pyridine rings is 1. The molecular weight excluding hydrogens is 502 g/mol. The Morgan fingerprint density at radius 2 is 1.67 bits per heavy atom. The maximum atomic E-state index is 12.9. The van der Waals surface area contributed by atoms with Crippen LogP contribution >= 0.6 is 12.2 Å². The van der Waals surface area contributed by atoms with E-state index in [0.717, 1.165) is 34.0 Å². The summed E-state index contributed by atoms with van der Waals surface area (Å²) in [7, 11) is 0. The first kappa shape index (κ1) is 26.6. The fourth-order valence-corrected chi connectivity index (χ4v) is 5.96. The van der Waals surface area contributed by atoms with Crippen LogP contribution in [-0.2, 0) is 4.79 Å². The lowest BCUT2D eigenvalue weighted by molar-refractivity contribution is -0.116. The van der Waals surface area contributed by atoms with E-state index in [1.54, 1.807) is 0 Å². The minimum atomic E-state index is -0.132. The monoisotopic (exact) mass is 537 g/mol. The second kappa shape index (κ2) is 11.0. The van der Waals surface area contributed by atoms with E-state index in [-0.39, 0.29) is 18.0 Å². The Hall–Kier alpha value is -3.97. The Morgan fingerprint density at radius 1 is 0.949 bits per heavy atom. The molecule has 0 spiro atoms. The highest BCUT2D eigenvalue weighted by atomic mass is 32.1. The van der Waals surface area contributed by atoms with Gasteiger partial charge in [-0.2, -0.15) is 0 Å². The third-order valence-electron chi connectivity index (χ3n) is 7.37. The van der Waals surface area contributed by atoms with E-state index in [4.69, 9.17) is 12.2 Å². The highest BCUT2D eigenvalue weighted by Crippen LogP contribution is 2.41. The summed E-state index contributed by atoms with van der Waals surface area (Å²) in [6, 6.07) is 22.4. The Labute approximate surface area is 236 Å². The fourth-order valence-electron chi connectivity index (χ4n) is 5.63. The number of hydrogen-bond donors (Lipinski definition) is 2. The highest BCUT2D eigenvalue weighted by Gasteiger charge is 2.41. The molecule has 7 heteroatoms. The molecule has 2 atom stereocenters. The van der Waals surface area contributed by atoms with Gasteiger partial charge in [0.2, 0.25) is 5.91 Å². The van der Waals surface area contributed by atoms with E-state index in [1.807, 2.05) is 55.6 Å². The molecule has 3 heterocycles. The first-order valence-electron chi connectivity index (χ1n) is 13.3. The summed E-state index contributed by atoms with van der Waals surface area (Å²) >= 11 is 5.85. The maximum absolute atomic E-state index is 12.9. The minimum Gasteiger partial charge on any atom is -0.352 e. The Kier molecular flexibility index (Phi) is 7.53. The molecule has 6 nitrogen and oxygen atoms in total. The number of aryl methyl sites for hydroxylation is 4. The molecule has 2 aromatic heterocycles. The Balaban J connectivity index is 1.48. The van der Waals surface area contributed by atoms with Crippen LogP contribution in [-0.4, -0.2) is 32.0 Å². The second-order valence-corrected chi connectivity index (χ2v) is 10.9. The van der Waals surface area contributed by atoms with Crippen molar-refractivity contribution >= 4 is 28.9 Å². The SMILES string of the molecule is Cc1ccc(NC(=O)CCN2C(=S)N[C@H](c3ccccn3)[C@H]2c2cc(C)n(-c3cc(C)cc(C)c3)c2C)cc1. The second-order valence-electron chi connectivity index (χ2n) is 10.5. The third-order valence-corrected chi connectivity index (χ3v) is 7.72. The van der Waals surface area contributed by atoms with Crippen LogP contribution in [0, 0.1) is 34.6 Å². The van der Waals surface area contributed by atoms with E-state index in [1.165, 1.54) is 16.7 Å². The van der Waals surface area contributed by atoms with Crippen molar-refractivity contribution in [3.8, 4) is 5.69 Å². The normalized spacial score (nSPS) is 16.8. The molecule has 1 saturated heterocycles. The predicted molar refractivity (Wildman–Crippen MR) is 161 cm³/mol. The van der Waals surface area contributed by atoms with Gasteiger partial charge in [0, 0.05) is 41.9 Å². The maximum Gasteiger partial charge on any atom is 0.226 e. The summed E-state index contributed by atoms with van der Waals surface area (Å²) in [5.41, 5.74) is 9.98. The minimum absolute atomic E-state index is 0.0394. The van der Waals surface area contributed by atoms with Crippen molar-refractivity contribution in [1.82, 2.24) is 19.8 Å². The van der Waals surface area contributed by atoms with Crippen molar-refractivity contribution in [2.75, 3.05) is 11.9 Å². The van der Waals surface area contributed by atoms with Crippen LogP contribution in [0.25, 0.3) is 5.69 Å². The van der Waals surface area contributed by atoms with Crippen LogP contribution < -0.4 is 10.6 Å². The number of amides is 1. The summed E-state index contributed by atoms with van der Waals surface area (Å²) in [5.74, 6) is -0.0394. The molecule has 1 aliphatic heterocycles. The number of carbonyl (C=O) groups is 1. The smallest absolute Gasteiger partial charge is 0.226 e. The zero-order chi connectivity index (χ0) is 27.7. The van der Waals surface area contributed by atoms with E-state index >= 15 is 0 Å². The third kappa shape index (κ3) is 5.59. The van der Waals surface area contributed by atoms with Crippen molar-refractivity contribution < 1.29 is 4.79 Å². The number of nitrogens with zero attached hydrogens (tertiary/aromatic N) is 3. The topological polar surface area (TPSA) is 62.2 Å². The van der Waals surface area contributed by atoms with E-state index in [0.29, 0.717) is 18.1 Å². The molecule has 0 saturated carbocycles. The number of carbonyl (C=O) groups excluding carboxylic acids is 1. The van der Waals surface area contributed by atoms with Crippen LogP contribution in [0.15, 0.2) is 72.9 Å². The van der Waals surface area contributed by atoms with Gasteiger partial charge in [0.25, 0.3) is 0 Å². The van der Waals surface area contributed by atoms with Crippen LogP contribution in [0.4, 0.5) is 5.69 Å². The Bertz CT molecular complexity index is 1490. The van der Waals surface area contributed by atoms with Crippen molar-refractivity contribution in [2.45, 2.75) is 53.1 Å². The van der Waals surface area contributed by atoms with Crippen LogP contribution in [0.5, 0.6) is 0 Å². The number of nitrogens with one attached hydrogen (secondary N) is 2. The van der Waals surface area contributed by atoms with Gasteiger partial charge >= 0.3 is 0 Å². The summed E-state index contributed by atoms with van der Waals surface area (Å²) in [4.78, 5) is 19.7. The number of rotatable bonds is 7. The quantitative estimate of drug-likeness (QED) is 0.267. The zero-order valence-corrected chi connectivity index (χ0v) is 24.0. The largest absolute Gasteiger partial charge is 0.352 e. The summed E-state index contributed by atoms with van der Waals surface area (Å²) in [6.45, 7) is 11.1. The number of anilines is 1. The van der Waals surface area contributed by atoms with Crippen molar-refractivity contribution in [3.05, 3.63) is 112 Å². The summed E-state index contributed by atoms with van der Waals surface area (Å²) < 4.78 is 2.31. The van der Waals surface area contributed by atoms with Gasteiger partial charge in [-0.3, -0.25) is 9.78 Å². The molecule has 2 N–H and O–H groups in total. The Morgan fingerprint density at radius 3 is 2.33 bits per heavy atom. The van der Waals surface area contributed by atoms with Gasteiger partial charge in [-0.15, -0.1) is 0 Å². The number of benzene rings is 2. The predicted octanol–water partition coefficient (Wildman–Crippen LogP) is 6.42. The number of hydrogen-bond acceptors (Lipinski definition) is 3. The molecule has 200 valence electrons. The molecule has 4 aromatic rings. The molecule has 39 heavy (non-hydrogen) atoms. The number of thiocarbonyl (C=S) groups is 1. The standard InChI is InChI=1S/C32H35N5OS/c1-20-9-11-25(12-10-20)34-29(38)13-15-36-31(30(35-32(36)39)28-8-6-7-14-33-28)27-19-23(4)37(24(27)5)26-17-21(2)16-22(3)18-26/h6-12,14,16-19,30-31H,13,15H2,1-5H3,(H,34,38)(H,35,39)/t30-,31-/m1/s1. The lowest BCUT2D eigenvalue weighted by Crippen LogP contribution is -2.32. The van der Waals surface area contributed by atoms with E-state index in [9.17, 15) is 4.79 Å². The van der Waals surface area contributed by atoms with Gasteiger partial charge in [-0.05, 0) is 106 Å². The van der Waals surface area contributed by atoms with Gasteiger partial charge in [0.15, 0.2) is 5.11 Å². The van der Waals surface area contributed by atoms with Gasteiger partial charge < -0.3 is 20.1 Å². The summed E-state index contributed by atoms with van der Waals surface area (Å²) in [6.07, 6.45) is 2.13. The van der Waals surface area contributed by atoms with Crippen LogP contribution in [0.3, 0.4) is 0 Å². The molecular formula is C32H35N5OS. The fraction of sp³-hybridized carbons (Fsp3) is 0.281. The van der Waals surface area contributed by atoms with Gasteiger partial charge in [-0.1, -0.05) is 29.8 Å². The molecule has 1 fully saturated rings. The number of aromatic nitrogens is 2.